The molecule has 84 heavy (non-hydrogen) atoms. The molecular weight excluding hydrogens is 1040 g/mol. The number of ether oxygens (including phenoxy) is 4. The lowest BCUT2D eigenvalue weighted by atomic mass is 10.0. The van der Waals surface area contributed by atoms with Crippen LogP contribution in [0.2, 0.25) is 0 Å². The number of carbonyl (C=O) groups is 1. The van der Waals surface area contributed by atoms with Crippen molar-refractivity contribution in [2.45, 2.75) is 181 Å². The minimum atomic E-state index is -0.605. The van der Waals surface area contributed by atoms with Crippen LogP contribution in [0.3, 0.4) is 0 Å². The number of para-hydroxylation sites is 3. The summed E-state index contributed by atoms with van der Waals surface area (Å²) in [6, 6.07) is 48.8. The number of epoxide rings is 1. The van der Waals surface area contributed by atoms with Crippen molar-refractivity contribution in [3.05, 3.63) is 181 Å². The lowest BCUT2D eigenvalue weighted by Crippen LogP contribution is -2.24. The molecule has 4 heterocycles. The number of unbranched alkanes of at least 4 members (excludes halogenated alkanes) is 15. The Morgan fingerprint density at radius 3 is 1.45 bits per heavy atom. The minimum absolute atomic E-state index is 0.00464. The fourth-order valence-electron chi connectivity index (χ4n) is 9.97. The molecule has 12 nitrogen and oxygen atoms in total. The minimum Gasteiger partial charge on any atom is -0.491 e. The van der Waals surface area contributed by atoms with Gasteiger partial charge in [0.05, 0.1) is 48.3 Å². The number of aryl methyl sites for hydroxylation is 3. The molecule has 2 N–H and O–H groups in total. The van der Waals surface area contributed by atoms with Gasteiger partial charge in [0.15, 0.2) is 5.78 Å². The molecule has 6 aromatic carbocycles. The van der Waals surface area contributed by atoms with Gasteiger partial charge in [-0.05, 0) is 110 Å². The van der Waals surface area contributed by atoms with Crippen LogP contribution in [0.5, 0.6) is 17.2 Å². The molecular formula is C72H94N6O6. The van der Waals surface area contributed by atoms with E-state index < -0.39 is 6.10 Å². The third-order valence-electron chi connectivity index (χ3n) is 15.1. The fourth-order valence-corrected chi connectivity index (χ4v) is 9.97. The molecule has 0 radical (unpaired) electrons. The van der Waals surface area contributed by atoms with E-state index in [1.807, 2.05) is 114 Å². The van der Waals surface area contributed by atoms with E-state index in [1.54, 1.807) is 10.9 Å². The zero-order valence-corrected chi connectivity index (χ0v) is 50.6. The van der Waals surface area contributed by atoms with Crippen LogP contribution in [-0.4, -0.2) is 79.3 Å². The van der Waals surface area contributed by atoms with E-state index in [-0.39, 0.29) is 25.5 Å². The van der Waals surface area contributed by atoms with Gasteiger partial charge in [0.25, 0.3) is 0 Å². The standard InChI is InChI=1S/C24H32N2O2.C24H30N2O2.C17H26O2.C7H6N2/c2*1-2-3-4-5-6-7-10-20-13-15-23(16-14-20)28-19-22(27)18-26-24-12-9-8-11-21(24)17-25-26;1-2-3-4-5-6-7-8-15-9-11-16(12-10-15)18-13-17-14-19-17;1-2-4-7-6(3-1)5-8-9-7/h8-9,11-17,22,27H,2-7,10,18-19H2,1H3;8-9,11-17H,2-7,10,18-19H2,1H3;9-12,17H,2-8,13-14H2,1H3;1-5H,(H,8,9). The quantitative estimate of drug-likeness (QED) is 0.0298. The Morgan fingerprint density at radius 2 is 0.952 bits per heavy atom. The number of aliphatic hydroxyl groups is 1. The number of nitrogens with zero attached hydrogens (tertiary/aromatic N) is 5. The number of hydrogen-bond donors (Lipinski definition) is 2. The molecule has 1 fully saturated rings. The van der Waals surface area contributed by atoms with Crippen molar-refractivity contribution in [2.75, 3.05) is 26.4 Å². The summed E-state index contributed by atoms with van der Waals surface area (Å²) in [4.78, 5) is 12.3. The van der Waals surface area contributed by atoms with Crippen LogP contribution >= 0.6 is 0 Å². The van der Waals surface area contributed by atoms with Gasteiger partial charge in [0, 0.05) is 16.2 Å². The highest BCUT2D eigenvalue weighted by Gasteiger charge is 2.23. The maximum Gasteiger partial charge on any atom is 0.191 e. The summed E-state index contributed by atoms with van der Waals surface area (Å²) in [5.41, 5.74) is 7.20. The first-order chi connectivity index (χ1) is 41.4. The monoisotopic (exact) mass is 1140 g/mol. The van der Waals surface area contributed by atoms with Gasteiger partial charge >= 0.3 is 0 Å². The smallest absolute Gasteiger partial charge is 0.191 e. The van der Waals surface area contributed by atoms with Crippen molar-refractivity contribution in [1.82, 2.24) is 29.8 Å². The van der Waals surface area contributed by atoms with E-state index in [1.165, 1.54) is 139 Å². The van der Waals surface area contributed by atoms with Crippen LogP contribution in [0.4, 0.5) is 0 Å². The van der Waals surface area contributed by atoms with E-state index in [4.69, 9.17) is 18.9 Å². The van der Waals surface area contributed by atoms with E-state index >= 15 is 0 Å². The summed E-state index contributed by atoms with van der Waals surface area (Å²) in [6.45, 7) is 9.27. The van der Waals surface area contributed by atoms with E-state index in [2.05, 4.69) is 89.7 Å². The number of nitrogens with one attached hydrogen (secondary N) is 1. The van der Waals surface area contributed by atoms with Crippen molar-refractivity contribution in [3.63, 3.8) is 0 Å². The lowest BCUT2D eigenvalue weighted by molar-refractivity contribution is -0.121. The summed E-state index contributed by atoms with van der Waals surface area (Å²) >= 11 is 0. The predicted octanol–water partition coefficient (Wildman–Crippen LogP) is 16.9. The summed E-state index contributed by atoms with van der Waals surface area (Å²) in [7, 11) is 0. The molecule has 9 aromatic rings. The highest BCUT2D eigenvalue weighted by atomic mass is 16.6. The summed E-state index contributed by atoms with van der Waals surface area (Å²) in [5.74, 6) is 2.51. The first kappa shape index (κ1) is 64.3. The van der Waals surface area contributed by atoms with E-state index in [0.29, 0.717) is 19.3 Å². The molecule has 2 unspecified atom stereocenters. The zero-order chi connectivity index (χ0) is 58.7. The number of ketones is 1. The van der Waals surface area contributed by atoms with Gasteiger partial charge in [-0.2, -0.15) is 15.3 Å². The van der Waals surface area contributed by atoms with E-state index in [9.17, 15) is 9.90 Å². The van der Waals surface area contributed by atoms with Gasteiger partial charge in [0.2, 0.25) is 0 Å². The molecule has 0 saturated carbocycles. The first-order valence-electron chi connectivity index (χ1n) is 31.5. The topological polar surface area (TPSA) is 142 Å². The second kappa shape index (κ2) is 37.8. The number of carbonyl (C=O) groups excluding carboxylic acids is 1. The number of rotatable bonds is 34. The number of Topliss-reactive ketones (excluding diaryl/α,β-unsaturated/α-hetero) is 1. The Labute approximate surface area is 500 Å². The van der Waals surface area contributed by atoms with Crippen LogP contribution in [-0.2, 0) is 41.9 Å². The number of aromatic nitrogens is 6. The first-order valence-corrected chi connectivity index (χ1v) is 31.5. The van der Waals surface area contributed by atoms with Gasteiger partial charge in [-0.1, -0.05) is 208 Å². The Hall–Kier alpha value is -7.28. The number of H-pyrrole nitrogens is 1. The predicted molar refractivity (Wildman–Crippen MR) is 343 cm³/mol. The number of benzene rings is 6. The normalized spacial score (nSPS) is 12.8. The highest BCUT2D eigenvalue weighted by Crippen LogP contribution is 2.21. The molecule has 448 valence electrons. The Balaban J connectivity index is 0.000000170. The maximum atomic E-state index is 12.3. The summed E-state index contributed by atoms with van der Waals surface area (Å²) < 4.78 is 25.7. The van der Waals surface area contributed by atoms with Crippen molar-refractivity contribution in [1.29, 1.82) is 0 Å². The molecule has 10 rings (SSSR count). The molecule has 1 saturated heterocycles. The fraction of sp³-hybridized carbons (Fsp3) is 0.444. The van der Waals surface area contributed by atoms with Gasteiger partial charge in [-0.25, -0.2) is 0 Å². The van der Waals surface area contributed by atoms with E-state index in [0.717, 1.165) is 69.4 Å². The molecule has 1 aliphatic rings. The second-order valence-electron chi connectivity index (χ2n) is 22.2. The SMILES string of the molecule is CCCCCCCCc1ccc(OCC(=O)Cn2ncc3ccccc32)cc1.CCCCCCCCc1ccc(OCC(O)Cn2ncc3ccccc32)cc1.CCCCCCCCc1ccc(OCC2CO2)cc1.c1ccc2[nH]ncc2c1. The van der Waals surface area contributed by atoms with Crippen molar-refractivity contribution in [3.8, 4) is 17.2 Å². The Kier molecular flexibility index (Phi) is 28.9. The third kappa shape index (κ3) is 24.1. The molecule has 3 aromatic heterocycles. The third-order valence-corrected chi connectivity index (χ3v) is 15.1. The van der Waals surface area contributed by atoms with Crippen molar-refractivity contribution >= 4 is 38.5 Å². The molecule has 0 amide bonds. The number of aromatic amines is 1. The average Bonchev–Trinajstić information content (AvgIpc) is 4.02. The van der Waals surface area contributed by atoms with Crippen LogP contribution in [0.25, 0.3) is 32.7 Å². The molecule has 2 atom stereocenters. The number of aliphatic hydroxyl groups excluding tert-OH is 1. The van der Waals surface area contributed by atoms with Gasteiger partial charge in [0.1, 0.15) is 55.8 Å². The largest absolute Gasteiger partial charge is 0.491 e. The molecule has 12 heteroatoms. The average molecular weight is 1140 g/mol. The van der Waals surface area contributed by atoms with Crippen LogP contribution < -0.4 is 14.2 Å². The zero-order valence-electron chi connectivity index (χ0n) is 50.6. The molecule has 0 bridgehead atoms. The second-order valence-corrected chi connectivity index (χ2v) is 22.2. The lowest BCUT2D eigenvalue weighted by Gasteiger charge is -2.13. The molecule has 0 spiro atoms. The number of fused-ring (bicyclic) bond motifs is 3. The molecule has 0 aliphatic carbocycles. The summed E-state index contributed by atoms with van der Waals surface area (Å²) in [5, 5.41) is 29.0. The highest BCUT2D eigenvalue weighted by molar-refractivity contribution is 5.84. The Morgan fingerprint density at radius 1 is 0.524 bits per heavy atom. The van der Waals surface area contributed by atoms with Crippen molar-refractivity contribution in [2.24, 2.45) is 0 Å². The molecule has 1 aliphatic heterocycles. The van der Waals surface area contributed by atoms with Crippen LogP contribution in [0, 0.1) is 0 Å². The number of hydrogen-bond acceptors (Lipinski definition) is 9. The van der Waals surface area contributed by atoms with Crippen LogP contribution in [0.1, 0.15) is 153 Å². The Bertz CT molecular complexity index is 3130. The maximum absolute atomic E-state index is 12.3. The van der Waals surface area contributed by atoms with Gasteiger partial charge in [-0.3, -0.25) is 19.3 Å². The van der Waals surface area contributed by atoms with Gasteiger partial charge < -0.3 is 24.1 Å². The van der Waals surface area contributed by atoms with Crippen LogP contribution in [0.15, 0.2) is 164 Å². The van der Waals surface area contributed by atoms with Gasteiger partial charge in [-0.15, -0.1) is 0 Å². The summed E-state index contributed by atoms with van der Waals surface area (Å²) in [6.07, 6.45) is 32.5. The van der Waals surface area contributed by atoms with Crippen molar-refractivity contribution < 1.29 is 28.8 Å².